The number of aryl methyl sites for hydroxylation is 1. The SMILES string of the molecule is COc1ccc(Cl)c(/C(O)=C2\C(=O)C(=O)N(c3cccc(C)c3)C2c2cccc(O)c2)c1. The quantitative estimate of drug-likeness (QED) is 0.333. The summed E-state index contributed by atoms with van der Waals surface area (Å²) in [7, 11) is 1.47. The number of carbonyl (C=O) groups is 2. The summed E-state index contributed by atoms with van der Waals surface area (Å²) in [6.45, 7) is 1.87. The summed E-state index contributed by atoms with van der Waals surface area (Å²) >= 11 is 6.30. The number of anilines is 1. The maximum absolute atomic E-state index is 13.2. The van der Waals surface area contributed by atoms with Crippen LogP contribution in [0.15, 0.2) is 72.3 Å². The van der Waals surface area contributed by atoms with Crippen molar-refractivity contribution in [3.8, 4) is 11.5 Å². The minimum atomic E-state index is -0.967. The molecule has 1 amide bonds. The summed E-state index contributed by atoms with van der Waals surface area (Å²) < 4.78 is 5.21. The van der Waals surface area contributed by atoms with Gasteiger partial charge >= 0.3 is 0 Å². The van der Waals surface area contributed by atoms with Gasteiger partial charge in [0, 0.05) is 11.3 Å². The van der Waals surface area contributed by atoms with Crippen molar-refractivity contribution in [3.05, 3.63) is 94.0 Å². The predicted octanol–water partition coefficient (Wildman–Crippen LogP) is 4.99. The van der Waals surface area contributed by atoms with Gasteiger partial charge in [-0.2, -0.15) is 0 Å². The van der Waals surface area contributed by atoms with E-state index >= 15 is 0 Å². The van der Waals surface area contributed by atoms with Gasteiger partial charge in [0.15, 0.2) is 0 Å². The van der Waals surface area contributed by atoms with Gasteiger partial charge in [-0.1, -0.05) is 35.9 Å². The predicted molar refractivity (Wildman–Crippen MR) is 122 cm³/mol. The molecule has 3 aromatic rings. The van der Waals surface area contributed by atoms with Gasteiger partial charge in [0.05, 0.1) is 23.7 Å². The van der Waals surface area contributed by atoms with E-state index in [4.69, 9.17) is 16.3 Å². The van der Waals surface area contributed by atoms with E-state index in [0.717, 1.165) is 5.56 Å². The summed E-state index contributed by atoms with van der Waals surface area (Å²) in [6.07, 6.45) is 0. The monoisotopic (exact) mass is 449 g/mol. The average Bonchev–Trinajstić information content (AvgIpc) is 3.04. The summed E-state index contributed by atoms with van der Waals surface area (Å²) in [5, 5.41) is 21.5. The van der Waals surface area contributed by atoms with Gasteiger partial charge in [0.2, 0.25) is 0 Å². The third-order valence-corrected chi connectivity index (χ3v) is 5.67. The Morgan fingerprint density at radius 1 is 1.03 bits per heavy atom. The van der Waals surface area contributed by atoms with Crippen LogP contribution in [0.3, 0.4) is 0 Å². The molecule has 1 unspecified atom stereocenters. The molecule has 0 aliphatic carbocycles. The minimum Gasteiger partial charge on any atom is -0.508 e. The molecular weight excluding hydrogens is 430 g/mol. The minimum absolute atomic E-state index is 0.0308. The number of ketones is 1. The van der Waals surface area contributed by atoms with Gasteiger partial charge < -0.3 is 14.9 Å². The summed E-state index contributed by atoms with van der Waals surface area (Å²) in [5.41, 5.74) is 1.90. The van der Waals surface area contributed by atoms with E-state index in [1.807, 2.05) is 13.0 Å². The van der Waals surface area contributed by atoms with Gasteiger partial charge in [-0.05, 0) is 60.5 Å². The Morgan fingerprint density at radius 2 is 1.78 bits per heavy atom. The van der Waals surface area contributed by atoms with Crippen molar-refractivity contribution >= 4 is 34.7 Å². The van der Waals surface area contributed by atoms with Crippen LogP contribution in [0.2, 0.25) is 5.02 Å². The average molecular weight is 450 g/mol. The van der Waals surface area contributed by atoms with Crippen molar-refractivity contribution in [1.29, 1.82) is 0 Å². The number of hydrogen-bond donors (Lipinski definition) is 2. The van der Waals surface area contributed by atoms with Crippen LogP contribution in [-0.2, 0) is 9.59 Å². The Morgan fingerprint density at radius 3 is 2.47 bits per heavy atom. The standard InChI is InChI=1S/C25H20ClNO5/c1-14-5-3-7-16(11-14)27-22(15-6-4-8-17(28)12-15)21(24(30)25(27)31)23(29)19-13-18(32-2)9-10-20(19)26/h3-13,22,28-29H,1-2H3/b23-21+. The number of nitrogens with zero attached hydrogens (tertiary/aromatic N) is 1. The number of phenolic OH excluding ortho intramolecular Hbond substituents is 1. The molecule has 1 aliphatic heterocycles. The molecular formula is C25H20ClNO5. The second kappa shape index (κ2) is 8.40. The molecule has 6 nitrogen and oxygen atoms in total. The number of phenols is 1. The maximum atomic E-state index is 13.2. The second-order valence-electron chi connectivity index (χ2n) is 7.45. The fourth-order valence-corrected chi connectivity index (χ4v) is 4.05. The molecule has 4 rings (SSSR count). The van der Waals surface area contributed by atoms with Crippen LogP contribution in [0.5, 0.6) is 11.5 Å². The van der Waals surface area contributed by atoms with E-state index < -0.39 is 23.5 Å². The topological polar surface area (TPSA) is 87.1 Å². The highest BCUT2D eigenvalue weighted by Gasteiger charge is 2.47. The number of halogens is 1. The molecule has 32 heavy (non-hydrogen) atoms. The highest BCUT2D eigenvalue weighted by molar-refractivity contribution is 6.52. The van der Waals surface area contributed by atoms with E-state index in [0.29, 0.717) is 17.0 Å². The molecule has 0 radical (unpaired) electrons. The zero-order valence-electron chi connectivity index (χ0n) is 17.4. The lowest BCUT2D eigenvalue weighted by molar-refractivity contribution is -0.132. The molecule has 3 aromatic carbocycles. The van der Waals surface area contributed by atoms with Gasteiger partial charge in [0.1, 0.15) is 17.3 Å². The van der Waals surface area contributed by atoms with Crippen LogP contribution in [-0.4, -0.2) is 29.0 Å². The van der Waals surface area contributed by atoms with Gasteiger partial charge in [-0.3, -0.25) is 14.5 Å². The van der Waals surface area contributed by atoms with Crippen LogP contribution in [0.25, 0.3) is 5.76 Å². The Balaban J connectivity index is 1.99. The fraction of sp³-hybridized carbons (Fsp3) is 0.120. The van der Waals surface area contributed by atoms with Crippen molar-refractivity contribution in [2.24, 2.45) is 0 Å². The highest BCUT2D eigenvalue weighted by atomic mass is 35.5. The number of aliphatic hydroxyl groups excluding tert-OH is 1. The number of hydrogen-bond acceptors (Lipinski definition) is 5. The van der Waals surface area contributed by atoms with Crippen LogP contribution in [0.1, 0.15) is 22.7 Å². The zero-order valence-corrected chi connectivity index (χ0v) is 18.1. The lowest BCUT2D eigenvalue weighted by atomic mass is 9.94. The van der Waals surface area contributed by atoms with E-state index in [2.05, 4.69) is 0 Å². The molecule has 2 N–H and O–H groups in total. The lowest BCUT2D eigenvalue weighted by Crippen LogP contribution is -2.29. The van der Waals surface area contributed by atoms with E-state index in [1.54, 1.807) is 36.4 Å². The zero-order chi connectivity index (χ0) is 23.0. The maximum Gasteiger partial charge on any atom is 0.300 e. The molecule has 1 aliphatic rings. The lowest BCUT2D eigenvalue weighted by Gasteiger charge is -2.26. The van der Waals surface area contributed by atoms with Crippen LogP contribution in [0, 0.1) is 6.92 Å². The van der Waals surface area contributed by atoms with Gasteiger partial charge in [-0.25, -0.2) is 0 Å². The van der Waals surface area contributed by atoms with Crippen LogP contribution in [0.4, 0.5) is 5.69 Å². The number of benzene rings is 3. The molecule has 1 fully saturated rings. The Labute approximate surface area is 189 Å². The number of amides is 1. The first-order valence-corrected chi connectivity index (χ1v) is 10.2. The largest absolute Gasteiger partial charge is 0.508 e. The molecule has 1 heterocycles. The Kier molecular flexibility index (Phi) is 5.63. The summed E-state index contributed by atoms with van der Waals surface area (Å²) in [6, 6.07) is 17.1. The first kappa shape index (κ1) is 21.5. The smallest absolute Gasteiger partial charge is 0.300 e. The first-order valence-electron chi connectivity index (χ1n) is 9.82. The van der Waals surface area contributed by atoms with E-state index in [-0.39, 0.29) is 21.9 Å². The first-order chi connectivity index (χ1) is 15.3. The van der Waals surface area contributed by atoms with E-state index in [9.17, 15) is 19.8 Å². The third-order valence-electron chi connectivity index (χ3n) is 5.34. The number of methoxy groups -OCH3 is 1. The number of rotatable bonds is 4. The molecule has 0 bridgehead atoms. The number of aliphatic hydroxyl groups is 1. The molecule has 0 saturated carbocycles. The van der Waals surface area contributed by atoms with Crippen LogP contribution < -0.4 is 9.64 Å². The number of carbonyl (C=O) groups excluding carboxylic acids is 2. The normalized spacial score (nSPS) is 17.6. The number of ether oxygens (including phenoxy) is 1. The fourth-order valence-electron chi connectivity index (χ4n) is 3.84. The van der Waals surface area contributed by atoms with Crippen molar-refractivity contribution in [1.82, 2.24) is 0 Å². The van der Waals surface area contributed by atoms with Crippen molar-refractivity contribution < 1.29 is 24.5 Å². The molecule has 0 spiro atoms. The molecule has 7 heteroatoms. The van der Waals surface area contributed by atoms with Gasteiger partial charge in [0.25, 0.3) is 11.7 Å². The molecule has 1 saturated heterocycles. The highest BCUT2D eigenvalue weighted by Crippen LogP contribution is 2.44. The number of aromatic hydroxyl groups is 1. The van der Waals surface area contributed by atoms with Crippen molar-refractivity contribution in [2.75, 3.05) is 12.0 Å². The number of Topliss-reactive ketones (excluding diaryl/α,β-unsaturated/α-hetero) is 1. The molecule has 0 aromatic heterocycles. The Hall–Kier alpha value is -3.77. The van der Waals surface area contributed by atoms with Crippen LogP contribution >= 0.6 is 11.6 Å². The van der Waals surface area contributed by atoms with Gasteiger partial charge in [-0.15, -0.1) is 0 Å². The van der Waals surface area contributed by atoms with E-state index in [1.165, 1.54) is 36.3 Å². The summed E-state index contributed by atoms with van der Waals surface area (Å²) in [5.74, 6) is -1.66. The summed E-state index contributed by atoms with van der Waals surface area (Å²) in [4.78, 5) is 27.7. The Bertz CT molecular complexity index is 1270. The molecule has 162 valence electrons. The second-order valence-corrected chi connectivity index (χ2v) is 7.86. The third kappa shape index (κ3) is 3.69. The van der Waals surface area contributed by atoms with Crippen molar-refractivity contribution in [3.63, 3.8) is 0 Å². The van der Waals surface area contributed by atoms with Crippen molar-refractivity contribution in [2.45, 2.75) is 13.0 Å². The molecule has 1 atom stereocenters.